The Hall–Kier alpha value is -2.21. The molecule has 24 heavy (non-hydrogen) atoms. The lowest BCUT2D eigenvalue weighted by atomic mass is 9.95. The number of aryl methyl sites for hydroxylation is 1. The third kappa shape index (κ3) is 4.20. The first kappa shape index (κ1) is 16.6. The fourth-order valence-electron chi connectivity index (χ4n) is 3.24. The first-order valence-corrected chi connectivity index (χ1v) is 8.51. The van der Waals surface area contributed by atoms with Gasteiger partial charge in [0.15, 0.2) is 5.82 Å². The fourth-order valence-corrected chi connectivity index (χ4v) is 3.24. The number of aromatic amines is 1. The van der Waals surface area contributed by atoms with Crippen LogP contribution in [0.4, 0.5) is 0 Å². The molecule has 1 amide bonds. The minimum absolute atomic E-state index is 0.129. The molecular weight excluding hydrogens is 302 g/mol. The Balaban J connectivity index is 1.47. The maximum atomic E-state index is 12.6. The molecule has 1 aromatic heterocycles. The summed E-state index contributed by atoms with van der Waals surface area (Å²) in [5.41, 5.74) is 1.17. The molecule has 2 heterocycles. The van der Waals surface area contributed by atoms with Gasteiger partial charge in [0, 0.05) is 19.5 Å². The highest BCUT2D eigenvalue weighted by Crippen LogP contribution is 2.21. The van der Waals surface area contributed by atoms with Crippen LogP contribution in [-0.4, -0.2) is 51.0 Å². The molecule has 1 aromatic carbocycles. The van der Waals surface area contributed by atoms with Gasteiger partial charge in [-0.15, -0.1) is 0 Å². The van der Waals surface area contributed by atoms with Crippen LogP contribution in [0.25, 0.3) is 0 Å². The Kier molecular flexibility index (Phi) is 5.25. The summed E-state index contributed by atoms with van der Waals surface area (Å²) in [7, 11) is 1.90. The number of piperidine rings is 1. The van der Waals surface area contributed by atoms with Crippen LogP contribution in [0.2, 0.25) is 0 Å². The molecule has 1 fully saturated rings. The molecule has 0 atom stereocenters. The van der Waals surface area contributed by atoms with Crippen molar-refractivity contribution in [2.24, 2.45) is 5.92 Å². The summed E-state index contributed by atoms with van der Waals surface area (Å²) in [6.07, 6.45) is 1.81. The molecule has 1 N–H and O–H groups in total. The van der Waals surface area contributed by atoms with E-state index in [0.29, 0.717) is 6.54 Å². The number of nitrogens with zero attached hydrogens (tertiary/aromatic N) is 4. The van der Waals surface area contributed by atoms with Crippen LogP contribution in [0.15, 0.2) is 30.3 Å². The van der Waals surface area contributed by atoms with E-state index in [9.17, 15) is 4.79 Å². The minimum Gasteiger partial charge on any atom is -0.341 e. The maximum absolute atomic E-state index is 12.6. The second-order valence-electron chi connectivity index (χ2n) is 6.57. The van der Waals surface area contributed by atoms with Crippen LogP contribution in [0.1, 0.15) is 30.1 Å². The number of likely N-dealkylation sites (tertiary alicyclic amines) is 1. The molecule has 0 radical (unpaired) electrons. The summed E-state index contributed by atoms with van der Waals surface area (Å²) in [4.78, 5) is 21.2. The van der Waals surface area contributed by atoms with Gasteiger partial charge in [0.2, 0.25) is 5.91 Å². The second kappa shape index (κ2) is 7.57. The Morgan fingerprint density at radius 3 is 2.62 bits per heavy atom. The van der Waals surface area contributed by atoms with Crippen LogP contribution >= 0.6 is 0 Å². The van der Waals surface area contributed by atoms with E-state index in [1.54, 1.807) is 0 Å². The molecule has 2 aromatic rings. The van der Waals surface area contributed by atoms with Gasteiger partial charge in [-0.05, 0) is 38.4 Å². The Morgan fingerprint density at radius 2 is 2.00 bits per heavy atom. The van der Waals surface area contributed by atoms with Crippen molar-refractivity contribution < 1.29 is 4.79 Å². The van der Waals surface area contributed by atoms with Gasteiger partial charge < -0.3 is 4.90 Å². The van der Waals surface area contributed by atoms with Crippen molar-refractivity contribution in [1.29, 1.82) is 0 Å². The normalized spacial score (nSPS) is 16.2. The zero-order chi connectivity index (χ0) is 16.9. The molecule has 0 saturated carbocycles. The first-order valence-electron chi connectivity index (χ1n) is 8.51. The average molecular weight is 327 g/mol. The van der Waals surface area contributed by atoms with Crippen molar-refractivity contribution in [3.63, 3.8) is 0 Å². The fraction of sp³-hybridized carbons (Fsp3) is 0.500. The molecule has 3 rings (SSSR count). The highest BCUT2D eigenvalue weighted by atomic mass is 16.2. The Morgan fingerprint density at radius 1 is 1.29 bits per heavy atom. The van der Waals surface area contributed by atoms with Crippen LogP contribution in [0, 0.1) is 12.8 Å². The summed E-state index contributed by atoms with van der Waals surface area (Å²) in [6, 6.07) is 10.1. The second-order valence-corrected chi connectivity index (χ2v) is 6.57. The molecule has 0 spiro atoms. The number of amides is 1. The SMILES string of the molecule is Cc1nc(CN2CCC(C(=O)N(C)Cc3ccccc3)CC2)n[nH]1. The minimum atomic E-state index is 0.129. The van der Waals surface area contributed by atoms with Crippen molar-refractivity contribution >= 4 is 5.91 Å². The van der Waals surface area contributed by atoms with E-state index in [-0.39, 0.29) is 11.8 Å². The first-order chi connectivity index (χ1) is 11.6. The van der Waals surface area contributed by atoms with E-state index in [1.165, 1.54) is 5.56 Å². The summed E-state index contributed by atoms with van der Waals surface area (Å²) in [5, 5.41) is 7.06. The van der Waals surface area contributed by atoms with Gasteiger partial charge in [0.05, 0.1) is 6.54 Å². The summed E-state index contributed by atoms with van der Waals surface area (Å²) in [5.74, 6) is 2.06. The quantitative estimate of drug-likeness (QED) is 0.912. The number of benzene rings is 1. The molecular formula is C18H25N5O. The zero-order valence-corrected chi connectivity index (χ0v) is 14.4. The van der Waals surface area contributed by atoms with Crippen molar-refractivity contribution in [2.45, 2.75) is 32.9 Å². The van der Waals surface area contributed by atoms with E-state index in [0.717, 1.165) is 44.1 Å². The predicted octanol–water partition coefficient (Wildman–Crippen LogP) is 1.98. The molecule has 6 heteroatoms. The summed E-state index contributed by atoms with van der Waals surface area (Å²) >= 11 is 0. The summed E-state index contributed by atoms with van der Waals surface area (Å²) in [6.45, 7) is 5.18. The van der Waals surface area contributed by atoms with Crippen LogP contribution in [0.5, 0.6) is 0 Å². The van der Waals surface area contributed by atoms with Crippen molar-refractivity contribution in [3.8, 4) is 0 Å². The zero-order valence-electron chi connectivity index (χ0n) is 14.4. The van der Waals surface area contributed by atoms with Gasteiger partial charge in [-0.2, -0.15) is 5.10 Å². The van der Waals surface area contributed by atoms with Crippen molar-refractivity contribution in [1.82, 2.24) is 25.0 Å². The van der Waals surface area contributed by atoms with Crippen LogP contribution in [-0.2, 0) is 17.9 Å². The number of rotatable bonds is 5. The van der Waals surface area contributed by atoms with Gasteiger partial charge >= 0.3 is 0 Å². The monoisotopic (exact) mass is 327 g/mol. The predicted molar refractivity (Wildman–Crippen MR) is 92.0 cm³/mol. The lowest BCUT2D eigenvalue weighted by Crippen LogP contribution is -2.40. The topological polar surface area (TPSA) is 65.1 Å². The lowest BCUT2D eigenvalue weighted by Gasteiger charge is -2.32. The summed E-state index contributed by atoms with van der Waals surface area (Å²) < 4.78 is 0. The van der Waals surface area contributed by atoms with Gasteiger partial charge in [0.1, 0.15) is 5.82 Å². The standard InChI is InChI=1S/C18H25N5O/c1-14-19-17(21-20-14)13-23-10-8-16(9-11-23)18(24)22(2)12-15-6-4-3-5-7-15/h3-7,16H,8-13H2,1-2H3,(H,19,20,21). The smallest absolute Gasteiger partial charge is 0.225 e. The highest BCUT2D eigenvalue weighted by molar-refractivity contribution is 5.78. The molecule has 0 unspecified atom stereocenters. The molecule has 1 aliphatic heterocycles. The number of carbonyl (C=O) groups is 1. The number of carbonyl (C=O) groups excluding carboxylic acids is 1. The largest absolute Gasteiger partial charge is 0.341 e. The number of aromatic nitrogens is 3. The third-order valence-electron chi connectivity index (χ3n) is 4.58. The molecule has 0 bridgehead atoms. The lowest BCUT2D eigenvalue weighted by molar-refractivity contribution is -0.136. The Bertz CT molecular complexity index is 661. The molecule has 128 valence electrons. The number of H-pyrrole nitrogens is 1. The average Bonchev–Trinajstić information content (AvgIpc) is 3.00. The third-order valence-corrected chi connectivity index (χ3v) is 4.58. The molecule has 6 nitrogen and oxygen atoms in total. The maximum Gasteiger partial charge on any atom is 0.225 e. The number of hydrogen-bond acceptors (Lipinski definition) is 4. The number of nitrogens with one attached hydrogen (secondary N) is 1. The van der Waals surface area contributed by atoms with Crippen molar-refractivity contribution in [2.75, 3.05) is 20.1 Å². The van der Waals surface area contributed by atoms with Crippen molar-refractivity contribution in [3.05, 3.63) is 47.5 Å². The number of hydrogen-bond donors (Lipinski definition) is 1. The van der Waals surface area contributed by atoms with Gasteiger partial charge in [0.25, 0.3) is 0 Å². The Labute approximate surface area is 142 Å². The highest BCUT2D eigenvalue weighted by Gasteiger charge is 2.27. The van der Waals surface area contributed by atoms with E-state index in [1.807, 2.05) is 37.1 Å². The molecule has 1 saturated heterocycles. The van der Waals surface area contributed by atoms with E-state index in [2.05, 4.69) is 32.2 Å². The van der Waals surface area contributed by atoms with Gasteiger partial charge in [-0.25, -0.2) is 4.98 Å². The van der Waals surface area contributed by atoms with Gasteiger partial charge in [-0.3, -0.25) is 14.8 Å². The van der Waals surface area contributed by atoms with E-state index in [4.69, 9.17) is 0 Å². The van der Waals surface area contributed by atoms with E-state index < -0.39 is 0 Å². The molecule has 0 aliphatic carbocycles. The molecule has 1 aliphatic rings. The van der Waals surface area contributed by atoms with Gasteiger partial charge in [-0.1, -0.05) is 30.3 Å². The van der Waals surface area contributed by atoms with Crippen LogP contribution < -0.4 is 0 Å². The van der Waals surface area contributed by atoms with Crippen LogP contribution in [0.3, 0.4) is 0 Å². The van der Waals surface area contributed by atoms with E-state index >= 15 is 0 Å².